The zero-order valence-corrected chi connectivity index (χ0v) is 16.4. The Kier molecular flexibility index (Phi) is 4.34. The Balaban J connectivity index is 1.29. The third kappa shape index (κ3) is 3.39. The summed E-state index contributed by atoms with van der Waals surface area (Å²) in [4.78, 5) is 24.3. The zero-order valence-electron chi connectivity index (χ0n) is 16.4. The van der Waals surface area contributed by atoms with Crippen LogP contribution in [0.4, 0.5) is 10.5 Å². The number of phenolic OH excluding ortho intramolecular Hbond substituents is 1. The van der Waals surface area contributed by atoms with Gasteiger partial charge in [0.15, 0.2) is 0 Å². The lowest BCUT2D eigenvalue weighted by atomic mass is 9.48. The summed E-state index contributed by atoms with van der Waals surface area (Å²) < 4.78 is 0. The number of imide groups is 1. The molecule has 4 aliphatic carbocycles. The van der Waals surface area contributed by atoms with Crippen molar-refractivity contribution < 1.29 is 14.7 Å². The lowest BCUT2D eigenvalue weighted by molar-refractivity contribution is -0.00526. The minimum atomic E-state index is -0.656. The summed E-state index contributed by atoms with van der Waals surface area (Å²) in [6, 6.07) is 13.5. The molecular weight excluding hydrogens is 364 g/mol. The van der Waals surface area contributed by atoms with Crippen molar-refractivity contribution in [2.24, 2.45) is 17.8 Å². The molecule has 4 fully saturated rings. The molecule has 150 valence electrons. The molecule has 3 N–H and O–H groups in total. The molecule has 0 spiro atoms. The Hall–Kier alpha value is -2.82. The van der Waals surface area contributed by atoms with Crippen LogP contribution in [0.3, 0.4) is 0 Å². The standard InChI is InChI=1S/C24H26N2O3/c27-21-11-19(24-12-15-8-16(13-24)10-17(9-15)14-24)6-7-20(21)25-23(29)26-22(28)18-4-2-1-3-5-18/h1-7,11,15-17,27H,8-10,12-14H2,(H2,25,26,28,29). The summed E-state index contributed by atoms with van der Waals surface area (Å²) in [5.74, 6) is 2.07. The topological polar surface area (TPSA) is 78.4 Å². The number of amides is 3. The quantitative estimate of drug-likeness (QED) is 0.657. The molecule has 0 unspecified atom stereocenters. The molecule has 0 aliphatic heterocycles. The Morgan fingerprint density at radius 1 is 0.897 bits per heavy atom. The van der Waals surface area contributed by atoms with Crippen molar-refractivity contribution >= 4 is 17.6 Å². The first kappa shape index (κ1) is 18.2. The number of hydrogen-bond donors (Lipinski definition) is 3. The number of carbonyl (C=O) groups is 2. The number of aromatic hydroxyl groups is 1. The van der Waals surface area contributed by atoms with E-state index in [2.05, 4.69) is 10.6 Å². The van der Waals surface area contributed by atoms with Gasteiger partial charge in [-0.3, -0.25) is 10.1 Å². The van der Waals surface area contributed by atoms with Gasteiger partial charge in [0, 0.05) is 5.56 Å². The molecule has 0 saturated heterocycles. The first-order valence-electron chi connectivity index (χ1n) is 10.5. The van der Waals surface area contributed by atoms with Crippen LogP contribution in [-0.4, -0.2) is 17.0 Å². The number of phenols is 1. The van der Waals surface area contributed by atoms with E-state index in [1.165, 1.54) is 44.1 Å². The number of hydrogen-bond acceptors (Lipinski definition) is 3. The predicted molar refractivity (Wildman–Crippen MR) is 111 cm³/mol. The van der Waals surface area contributed by atoms with E-state index >= 15 is 0 Å². The van der Waals surface area contributed by atoms with Crippen LogP contribution in [0.15, 0.2) is 48.5 Å². The molecule has 29 heavy (non-hydrogen) atoms. The molecule has 0 aromatic heterocycles. The molecule has 5 heteroatoms. The van der Waals surface area contributed by atoms with E-state index < -0.39 is 11.9 Å². The highest BCUT2D eigenvalue weighted by molar-refractivity contribution is 6.08. The first-order valence-corrected chi connectivity index (χ1v) is 10.5. The number of nitrogens with one attached hydrogen (secondary N) is 2. The zero-order chi connectivity index (χ0) is 20.0. The van der Waals surface area contributed by atoms with Gasteiger partial charge in [-0.2, -0.15) is 0 Å². The second-order valence-corrected chi connectivity index (χ2v) is 9.20. The summed E-state index contributed by atoms with van der Waals surface area (Å²) in [5.41, 5.74) is 2.11. The van der Waals surface area contributed by atoms with Crippen LogP contribution < -0.4 is 10.6 Å². The number of anilines is 1. The van der Waals surface area contributed by atoms with E-state index in [1.807, 2.05) is 12.1 Å². The van der Waals surface area contributed by atoms with Crippen molar-refractivity contribution in [3.63, 3.8) is 0 Å². The fourth-order valence-electron chi connectivity index (χ4n) is 6.35. The third-order valence-electron chi connectivity index (χ3n) is 7.16. The van der Waals surface area contributed by atoms with Gasteiger partial charge in [-0.05, 0) is 91.5 Å². The van der Waals surface area contributed by atoms with Crippen LogP contribution >= 0.6 is 0 Å². The van der Waals surface area contributed by atoms with Crippen LogP contribution in [0, 0.1) is 17.8 Å². The van der Waals surface area contributed by atoms with Crippen LogP contribution in [-0.2, 0) is 5.41 Å². The van der Waals surface area contributed by atoms with Crippen molar-refractivity contribution in [2.75, 3.05) is 5.32 Å². The van der Waals surface area contributed by atoms with E-state index in [0.717, 1.165) is 17.8 Å². The van der Waals surface area contributed by atoms with Gasteiger partial charge in [-0.1, -0.05) is 24.3 Å². The van der Waals surface area contributed by atoms with E-state index in [0.29, 0.717) is 11.3 Å². The van der Waals surface area contributed by atoms with Gasteiger partial charge in [-0.15, -0.1) is 0 Å². The minimum absolute atomic E-state index is 0.0561. The summed E-state index contributed by atoms with van der Waals surface area (Å²) in [6.45, 7) is 0. The number of rotatable bonds is 3. The van der Waals surface area contributed by atoms with Crippen molar-refractivity contribution in [1.82, 2.24) is 5.32 Å². The highest BCUT2D eigenvalue weighted by Gasteiger charge is 2.51. The molecule has 3 amide bonds. The van der Waals surface area contributed by atoms with Crippen LogP contribution in [0.5, 0.6) is 5.75 Å². The second kappa shape index (κ2) is 6.90. The Labute approximate surface area is 170 Å². The van der Waals surface area contributed by atoms with Crippen molar-refractivity contribution in [3.05, 3.63) is 59.7 Å². The monoisotopic (exact) mass is 390 g/mol. The molecule has 4 bridgehead atoms. The molecule has 0 radical (unpaired) electrons. The Morgan fingerprint density at radius 2 is 1.52 bits per heavy atom. The second-order valence-electron chi connectivity index (χ2n) is 9.20. The van der Waals surface area contributed by atoms with E-state index in [1.54, 1.807) is 36.4 Å². The minimum Gasteiger partial charge on any atom is -0.506 e. The maximum Gasteiger partial charge on any atom is 0.326 e. The average molecular weight is 390 g/mol. The fourth-order valence-corrected chi connectivity index (χ4v) is 6.35. The fraction of sp³-hybridized carbons (Fsp3) is 0.417. The Bertz CT molecular complexity index is 919. The molecule has 2 aromatic carbocycles. The molecule has 0 heterocycles. The third-order valence-corrected chi connectivity index (χ3v) is 7.16. The molecule has 4 aliphatic rings. The maximum absolute atomic E-state index is 12.2. The van der Waals surface area contributed by atoms with Gasteiger partial charge in [0.2, 0.25) is 0 Å². The van der Waals surface area contributed by atoms with Crippen molar-refractivity contribution in [1.29, 1.82) is 0 Å². The maximum atomic E-state index is 12.2. The highest BCUT2D eigenvalue weighted by atomic mass is 16.3. The average Bonchev–Trinajstić information content (AvgIpc) is 2.69. The smallest absolute Gasteiger partial charge is 0.326 e. The van der Waals surface area contributed by atoms with Crippen molar-refractivity contribution in [3.8, 4) is 5.75 Å². The summed E-state index contributed by atoms with van der Waals surface area (Å²) in [7, 11) is 0. The molecule has 6 rings (SSSR count). The lowest BCUT2D eigenvalue weighted by Gasteiger charge is -2.57. The predicted octanol–water partition coefficient (Wildman–Crippen LogP) is 4.82. The van der Waals surface area contributed by atoms with Gasteiger partial charge in [0.25, 0.3) is 5.91 Å². The van der Waals surface area contributed by atoms with Gasteiger partial charge in [0.05, 0.1) is 5.69 Å². The largest absolute Gasteiger partial charge is 0.506 e. The van der Waals surface area contributed by atoms with Crippen molar-refractivity contribution in [2.45, 2.75) is 43.9 Å². The molecule has 4 saturated carbocycles. The van der Waals surface area contributed by atoms with Gasteiger partial charge in [0.1, 0.15) is 5.75 Å². The lowest BCUT2D eigenvalue weighted by Crippen LogP contribution is -2.48. The molecule has 5 nitrogen and oxygen atoms in total. The summed E-state index contributed by atoms with van der Waals surface area (Å²) in [5, 5.41) is 15.5. The van der Waals surface area contributed by atoms with Gasteiger partial charge >= 0.3 is 6.03 Å². The normalized spacial score (nSPS) is 29.4. The van der Waals surface area contributed by atoms with Gasteiger partial charge in [-0.25, -0.2) is 4.79 Å². The van der Waals surface area contributed by atoms with E-state index in [-0.39, 0.29) is 11.2 Å². The van der Waals surface area contributed by atoms with Gasteiger partial charge < -0.3 is 10.4 Å². The van der Waals surface area contributed by atoms with Crippen LogP contribution in [0.25, 0.3) is 0 Å². The van der Waals surface area contributed by atoms with Crippen LogP contribution in [0.1, 0.15) is 54.4 Å². The number of carbonyl (C=O) groups excluding carboxylic acids is 2. The van der Waals surface area contributed by atoms with E-state index in [4.69, 9.17) is 0 Å². The highest BCUT2D eigenvalue weighted by Crippen LogP contribution is 2.61. The first-order chi connectivity index (χ1) is 14.0. The van der Waals surface area contributed by atoms with Crippen LogP contribution in [0.2, 0.25) is 0 Å². The summed E-state index contributed by atoms with van der Waals surface area (Å²) >= 11 is 0. The number of benzene rings is 2. The molecule has 0 atom stereocenters. The number of urea groups is 1. The Morgan fingerprint density at radius 3 is 2.10 bits per heavy atom. The molecular formula is C24H26N2O3. The van der Waals surface area contributed by atoms with E-state index in [9.17, 15) is 14.7 Å². The SMILES string of the molecule is O=C(NC(=O)c1ccccc1)Nc1ccc(C23CC4CC(CC(C4)C2)C3)cc1O. The summed E-state index contributed by atoms with van der Waals surface area (Å²) in [6.07, 6.45) is 7.79. The molecule has 2 aromatic rings.